The summed E-state index contributed by atoms with van der Waals surface area (Å²) in [6, 6.07) is 15.2. The first kappa shape index (κ1) is 18.6. The minimum Gasteiger partial charge on any atom is -0.486 e. The largest absolute Gasteiger partial charge is 0.486 e. The van der Waals surface area contributed by atoms with Gasteiger partial charge in [0.25, 0.3) is 0 Å². The van der Waals surface area contributed by atoms with Gasteiger partial charge in [0, 0.05) is 5.56 Å². The Morgan fingerprint density at radius 2 is 1.80 bits per heavy atom. The maximum absolute atomic E-state index is 12.5. The highest BCUT2D eigenvalue weighted by molar-refractivity contribution is 6.07. The molecule has 0 unspecified atom stereocenters. The number of aryl methyl sites for hydroxylation is 2. The van der Waals surface area contributed by atoms with Gasteiger partial charge < -0.3 is 18.6 Å². The van der Waals surface area contributed by atoms with Gasteiger partial charge in [0.15, 0.2) is 17.3 Å². The van der Waals surface area contributed by atoms with Crippen LogP contribution in [-0.2, 0) is 19.4 Å². The molecular weight excluding hydrogens is 380 g/mol. The molecule has 0 saturated heterocycles. The fraction of sp³-hybridized carbons (Fsp3) is 0.240. The van der Waals surface area contributed by atoms with Crippen molar-refractivity contribution in [3.63, 3.8) is 0 Å². The minimum atomic E-state index is -0.126. The van der Waals surface area contributed by atoms with E-state index in [2.05, 4.69) is 12.1 Å². The van der Waals surface area contributed by atoms with E-state index in [4.69, 9.17) is 18.6 Å². The van der Waals surface area contributed by atoms with Gasteiger partial charge in [-0.1, -0.05) is 6.07 Å². The van der Waals surface area contributed by atoms with Crippen LogP contribution in [0.3, 0.4) is 0 Å². The molecule has 5 heteroatoms. The van der Waals surface area contributed by atoms with Gasteiger partial charge in [0.05, 0.1) is 0 Å². The quantitative estimate of drug-likeness (QED) is 0.428. The minimum absolute atomic E-state index is 0.126. The van der Waals surface area contributed by atoms with Crippen molar-refractivity contribution in [2.45, 2.75) is 25.9 Å². The van der Waals surface area contributed by atoms with Crippen molar-refractivity contribution >= 4 is 11.9 Å². The molecule has 0 fully saturated rings. The molecule has 5 rings (SSSR count). The third-order valence-corrected chi connectivity index (χ3v) is 5.36. The predicted molar refractivity (Wildman–Crippen MR) is 112 cm³/mol. The summed E-state index contributed by atoms with van der Waals surface area (Å²) in [5, 5.41) is 0. The van der Waals surface area contributed by atoms with Crippen molar-refractivity contribution in [3.05, 3.63) is 82.8 Å². The molecule has 0 spiro atoms. The van der Waals surface area contributed by atoms with Crippen LogP contribution >= 0.6 is 0 Å². The lowest BCUT2D eigenvalue weighted by molar-refractivity contribution is 0.104. The zero-order valence-corrected chi connectivity index (χ0v) is 16.6. The molecule has 0 amide bonds. The summed E-state index contributed by atoms with van der Waals surface area (Å²) in [6.45, 7) is 1.36. The molecule has 2 heterocycles. The van der Waals surface area contributed by atoms with Crippen LogP contribution in [0.2, 0.25) is 0 Å². The van der Waals surface area contributed by atoms with Crippen LogP contribution in [0.15, 0.2) is 59.0 Å². The molecule has 152 valence electrons. The van der Waals surface area contributed by atoms with E-state index >= 15 is 0 Å². The van der Waals surface area contributed by atoms with Crippen molar-refractivity contribution in [2.75, 3.05) is 13.2 Å². The number of allylic oxidation sites excluding steroid dienone is 1. The highest BCUT2D eigenvalue weighted by Crippen LogP contribution is 2.31. The number of carbonyl (C=O) groups excluding carboxylic acids is 1. The average molecular weight is 402 g/mol. The fourth-order valence-electron chi connectivity index (χ4n) is 3.80. The lowest BCUT2D eigenvalue weighted by atomic mass is 10.1. The normalized spacial score (nSPS) is 14.7. The Morgan fingerprint density at radius 3 is 2.73 bits per heavy atom. The first-order valence-corrected chi connectivity index (χ1v) is 10.2. The third kappa shape index (κ3) is 3.96. The molecule has 0 N–H and O–H groups in total. The van der Waals surface area contributed by atoms with E-state index in [1.54, 1.807) is 24.3 Å². The molecule has 2 aromatic carbocycles. The Morgan fingerprint density at radius 1 is 0.933 bits per heavy atom. The van der Waals surface area contributed by atoms with Crippen molar-refractivity contribution in [1.29, 1.82) is 0 Å². The van der Waals surface area contributed by atoms with Crippen LogP contribution in [0, 0.1) is 0 Å². The molecule has 1 aliphatic carbocycles. The van der Waals surface area contributed by atoms with Gasteiger partial charge in [-0.15, -0.1) is 0 Å². The van der Waals surface area contributed by atoms with Crippen molar-refractivity contribution < 1.29 is 23.4 Å². The Hall–Kier alpha value is -3.47. The highest BCUT2D eigenvalue weighted by atomic mass is 16.6. The maximum atomic E-state index is 12.5. The molecule has 1 aliphatic heterocycles. The summed E-state index contributed by atoms with van der Waals surface area (Å²) in [7, 11) is 0. The predicted octanol–water partition coefficient (Wildman–Crippen LogP) is 5.01. The zero-order valence-electron chi connectivity index (χ0n) is 16.6. The highest BCUT2D eigenvalue weighted by Gasteiger charge is 2.14. The fourth-order valence-corrected chi connectivity index (χ4v) is 3.80. The molecule has 5 nitrogen and oxygen atoms in total. The summed E-state index contributed by atoms with van der Waals surface area (Å²) in [5.74, 6) is 3.32. The second-order valence-corrected chi connectivity index (χ2v) is 7.43. The Labute approximate surface area is 174 Å². The van der Waals surface area contributed by atoms with Crippen LogP contribution in [0.25, 0.3) is 6.08 Å². The van der Waals surface area contributed by atoms with Crippen molar-refractivity contribution in [3.8, 4) is 17.2 Å². The summed E-state index contributed by atoms with van der Waals surface area (Å²) in [4.78, 5) is 12.5. The number of fused-ring (bicyclic) bond motifs is 2. The van der Waals surface area contributed by atoms with E-state index < -0.39 is 0 Å². The summed E-state index contributed by atoms with van der Waals surface area (Å²) >= 11 is 0. The zero-order chi connectivity index (χ0) is 20.3. The van der Waals surface area contributed by atoms with Gasteiger partial charge >= 0.3 is 0 Å². The van der Waals surface area contributed by atoms with Gasteiger partial charge in [0.1, 0.15) is 37.1 Å². The summed E-state index contributed by atoms with van der Waals surface area (Å²) in [5.41, 5.74) is 3.35. The number of rotatable bonds is 6. The molecule has 1 aromatic heterocycles. The van der Waals surface area contributed by atoms with Crippen LogP contribution in [0.5, 0.6) is 17.2 Å². The smallest absolute Gasteiger partial charge is 0.186 e. The van der Waals surface area contributed by atoms with E-state index in [9.17, 15) is 4.79 Å². The molecule has 0 atom stereocenters. The van der Waals surface area contributed by atoms with E-state index in [0.29, 0.717) is 48.4 Å². The molecule has 2 aliphatic rings. The maximum Gasteiger partial charge on any atom is 0.186 e. The van der Waals surface area contributed by atoms with Gasteiger partial charge in [-0.2, -0.15) is 0 Å². The third-order valence-electron chi connectivity index (χ3n) is 5.36. The number of furan rings is 1. The van der Waals surface area contributed by atoms with E-state index in [-0.39, 0.29) is 5.78 Å². The number of ketones is 1. The summed E-state index contributed by atoms with van der Waals surface area (Å²) in [6.07, 6.45) is 6.67. The van der Waals surface area contributed by atoms with Gasteiger partial charge in [-0.3, -0.25) is 4.79 Å². The van der Waals surface area contributed by atoms with Crippen molar-refractivity contribution in [1.82, 2.24) is 0 Å². The number of ether oxygens (including phenoxy) is 3. The van der Waals surface area contributed by atoms with Crippen LogP contribution in [0.4, 0.5) is 0 Å². The number of hydrogen-bond donors (Lipinski definition) is 0. The first-order chi connectivity index (χ1) is 14.7. The number of benzene rings is 2. The molecule has 3 aromatic rings. The molecule has 0 saturated carbocycles. The number of carbonyl (C=O) groups is 1. The van der Waals surface area contributed by atoms with Crippen LogP contribution in [-0.4, -0.2) is 19.0 Å². The lowest BCUT2D eigenvalue weighted by Gasteiger charge is -2.18. The average Bonchev–Trinajstić information content (AvgIpc) is 3.44. The molecule has 30 heavy (non-hydrogen) atoms. The van der Waals surface area contributed by atoms with Gasteiger partial charge in [-0.05, 0) is 85.0 Å². The Bertz CT molecular complexity index is 1110. The Kier molecular flexibility index (Phi) is 5.01. The van der Waals surface area contributed by atoms with E-state index in [0.717, 1.165) is 18.6 Å². The standard InChI is InChI=1S/C25H22O5/c26-23(19-5-11-24-25(15-19)28-13-12-27-24)10-9-20-7-8-22(30-20)16-29-21-6-4-17-2-1-3-18(17)14-21/h4-11,14-15H,1-3,12-13,16H2/b10-9+. The van der Waals surface area contributed by atoms with E-state index in [1.165, 1.54) is 23.6 Å². The second-order valence-electron chi connectivity index (χ2n) is 7.43. The monoisotopic (exact) mass is 402 g/mol. The lowest BCUT2D eigenvalue weighted by Crippen LogP contribution is -2.15. The van der Waals surface area contributed by atoms with Crippen LogP contribution < -0.4 is 14.2 Å². The van der Waals surface area contributed by atoms with Gasteiger partial charge in [-0.25, -0.2) is 0 Å². The second kappa shape index (κ2) is 8.11. The van der Waals surface area contributed by atoms with Crippen molar-refractivity contribution in [2.24, 2.45) is 0 Å². The topological polar surface area (TPSA) is 57.9 Å². The summed E-state index contributed by atoms with van der Waals surface area (Å²) < 4.78 is 22.7. The molecule has 0 bridgehead atoms. The van der Waals surface area contributed by atoms with Gasteiger partial charge in [0.2, 0.25) is 0 Å². The number of hydrogen-bond acceptors (Lipinski definition) is 5. The molecule has 0 radical (unpaired) electrons. The Balaban J connectivity index is 1.20. The van der Waals surface area contributed by atoms with Crippen LogP contribution in [0.1, 0.15) is 39.4 Å². The molecular formula is C25H22O5. The SMILES string of the molecule is O=C(/C=C/c1ccc(COc2ccc3c(c2)CCC3)o1)c1ccc2c(c1)OCCO2. The first-order valence-electron chi connectivity index (χ1n) is 10.2. The van der Waals surface area contributed by atoms with E-state index in [1.807, 2.05) is 18.2 Å².